The van der Waals surface area contributed by atoms with Gasteiger partial charge in [-0.25, -0.2) is 0 Å². The Bertz CT molecular complexity index is 436. The summed E-state index contributed by atoms with van der Waals surface area (Å²) in [5.74, 6) is -1.68. The maximum atomic E-state index is 11.3. The Balaban J connectivity index is 3.03. The summed E-state index contributed by atoms with van der Waals surface area (Å²) < 4.78 is 0.901. The molecule has 1 rings (SSSR count). The molecule has 0 fully saturated rings. The molecular weight excluding hydrogens is 263 g/mol. The van der Waals surface area contributed by atoms with Gasteiger partial charge in [0.15, 0.2) is 0 Å². The van der Waals surface area contributed by atoms with Crippen LogP contribution >= 0.6 is 0 Å². The summed E-state index contributed by atoms with van der Waals surface area (Å²) in [6, 6.07) is 1.20. The van der Waals surface area contributed by atoms with E-state index < -0.39 is 23.1 Å². The minimum absolute atomic E-state index is 0.0808. The Kier molecular flexibility index (Phi) is 3.91. The summed E-state index contributed by atoms with van der Waals surface area (Å²) >= 11 is 1.26. The topological polar surface area (TPSA) is 92.2 Å². The number of rotatable bonds is 4. The van der Waals surface area contributed by atoms with Gasteiger partial charge >= 0.3 is 93.0 Å². The van der Waals surface area contributed by atoms with Crippen molar-refractivity contribution in [3.63, 3.8) is 0 Å². The van der Waals surface area contributed by atoms with Crippen molar-refractivity contribution in [2.24, 2.45) is 5.92 Å². The van der Waals surface area contributed by atoms with Gasteiger partial charge in [0.2, 0.25) is 0 Å². The molecule has 2 unspecified atom stereocenters. The SMILES string of the molecule is O=C(O)C(C[AsH2])Cn1c(=O)cc[nH]c1=O. The van der Waals surface area contributed by atoms with Crippen molar-refractivity contribution in [1.82, 2.24) is 9.55 Å². The molecule has 0 aliphatic rings. The van der Waals surface area contributed by atoms with Crippen LogP contribution in [0.3, 0.4) is 0 Å². The number of H-pyrrole nitrogens is 1. The van der Waals surface area contributed by atoms with Crippen molar-refractivity contribution in [1.29, 1.82) is 0 Å². The summed E-state index contributed by atoms with van der Waals surface area (Å²) in [4.78, 5) is 35.6. The molecule has 7 heteroatoms. The van der Waals surface area contributed by atoms with Crippen LogP contribution in [0, 0.1) is 5.92 Å². The van der Waals surface area contributed by atoms with Crippen LogP contribution in [-0.4, -0.2) is 37.5 Å². The molecule has 1 aromatic heterocycles. The number of carboxylic acid groups (broad SMARTS) is 1. The molecule has 0 saturated heterocycles. The normalized spacial score (nSPS) is 12.3. The van der Waals surface area contributed by atoms with E-state index in [0.29, 0.717) is 5.21 Å². The zero-order chi connectivity index (χ0) is 11.4. The van der Waals surface area contributed by atoms with Crippen molar-refractivity contribution in [3.05, 3.63) is 33.1 Å². The molecule has 0 radical (unpaired) electrons. The number of hydrogen-bond acceptors (Lipinski definition) is 3. The summed E-state index contributed by atoms with van der Waals surface area (Å²) in [6.07, 6.45) is 1.24. The Morgan fingerprint density at radius 1 is 1.60 bits per heavy atom. The van der Waals surface area contributed by atoms with Gasteiger partial charge in [-0.1, -0.05) is 0 Å². The Morgan fingerprint density at radius 2 is 2.27 bits per heavy atom. The fourth-order valence-electron chi connectivity index (χ4n) is 1.10. The van der Waals surface area contributed by atoms with Gasteiger partial charge in [0.25, 0.3) is 0 Å². The molecule has 0 amide bonds. The van der Waals surface area contributed by atoms with Crippen LogP contribution in [-0.2, 0) is 11.3 Å². The van der Waals surface area contributed by atoms with Gasteiger partial charge in [0.1, 0.15) is 0 Å². The summed E-state index contributed by atoms with van der Waals surface area (Å²) in [5, 5.41) is 9.23. The third-order valence-corrected chi connectivity index (χ3v) is 3.17. The van der Waals surface area contributed by atoms with E-state index in [0.717, 1.165) is 4.57 Å². The van der Waals surface area contributed by atoms with Crippen LogP contribution in [0.15, 0.2) is 21.9 Å². The average Bonchev–Trinajstić information content (AvgIpc) is 2.17. The molecule has 82 valence electrons. The molecule has 0 bridgehead atoms. The van der Waals surface area contributed by atoms with Crippen LogP contribution in [0.1, 0.15) is 0 Å². The van der Waals surface area contributed by atoms with E-state index in [4.69, 9.17) is 5.11 Å². The van der Waals surface area contributed by atoms with Gasteiger partial charge in [-0.3, -0.25) is 0 Å². The molecule has 0 aliphatic carbocycles. The number of hydrogen-bond donors (Lipinski definition) is 2. The third-order valence-electron chi connectivity index (χ3n) is 1.98. The van der Waals surface area contributed by atoms with Crippen LogP contribution in [0.5, 0.6) is 0 Å². The van der Waals surface area contributed by atoms with Crippen molar-refractivity contribution >= 4 is 22.8 Å². The molecule has 15 heavy (non-hydrogen) atoms. The van der Waals surface area contributed by atoms with Crippen molar-refractivity contribution in [3.8, 4) is 0 Å². The molecule has 2 atom stereocenters. The first kappa shape index (κ1) is 11.8. The van der Waals surface area contributed by atoms with Gasteiger partial charge in [0, 0.05) is 0 Å². The van der Waals surface area contributed by atoms with E-state index in [9.17, 15) is 14.4 Å². The van der Waals surface area contributed by atoms with Crippen LogP contribution in [0.25, 0.3) is 0 Å². The van der Waals surface area contributed by atoms with E-state index in [1.807, 2.05) is 0 Å². The first-order valence-electron chi connectivity index (χ1n) is 4.27. The average molecular weight is 274 g/mol. The summed E-state index contributed by atoms with van der Waals surface area (Å²) in [6.45, 7) is -0.0808. The molecule has 1 heterocycles. The van der Waals surface area contributed by atoms with E-state index in [1.165, 1.54) is 29.1 Å². The molecule has 1 aromatic rings. The summed E-state index contributed by atoms with van der Waals surface area (Å²) in [5.41, 5.74) is -1.05. The van der Waals surface area contributed by atoms with Crippen molar-refractivity contribution in [2.45, 2.75) is 11.8 Å². The molecule has 0 aliphatic heterocycles. The minimum atomic E-state index is -0.991. The van der Waals surface area contributed by atoms with Gasteiger partial charge in [-0.15, -0.1) is 0 Å². The third kappa shape index (κ3) is 2.83. The van der Waals surface area contributed by atoms with Crippen molar-refractivity contribution < 1.29 is 9.90 Å². The van der Waals surface area contributed by atoms with Crippen LogP contribution < -0.4 is 11.2 Å². The zero-order valence-electron chi connectivity index (χ0n) is 7.84. The quantitative estimate of drug-likeness (QED) is 0.639. The Labute approximate surface area is 93.4 Å². The monoisotopic (exact) mass is 274 g/mol. The standard InChI is InChI=1S/C8H11AsN2O4/c9-3-5(7(13)14)4-11-6(12)1-2-10-8(11)15/h1-2,5H,3-4,9H2,(H,10,15)(H,13,14). The van der Waals surface area contributed by atoms with Gasteiger partial charge in [0.05, 0.1) is 0 Å². The van der Waals surface area contributed by atoms with E-state index in [-0.39, 0.29) is 6.54 Å². The molecule has 0 aromatic carbocycles. The second kappa shape index (κ2) is 4.98. The van der Waals surface area contributed by atoms with Crippen LogP contribution in [0.2, 0.25) is 5.21 Å². The predicted octanol–water partition coefficient (Wildman–Crippen LogP) is -1.71. The second-order valence-corrected chi connectivity index (χ2v) is 3.99. The maximum absolute atomic E-state index is 11.3. The number of nitrogens with one attached hydrogen (secondary N) is 1. The number of aromatic nitrogens is 2. The van der Waals surface area contributed by atoms with E-state index in [2.05, 4.69) is 4.98 Å². The Morgan fingerprint density at radius 3 is 2.73 bits per heavy atom. The summed E-state index contributed by atoms with van der Waals surface area (Å²) in [7, 11) is 0. The van der Waals surface area contributed by atoms with E-state index >= 15 is 0 Å². The number of aromatic amines is 1. The van der Waals surface area contributed by atoms with Gasteiger partial charge in [-0.2, -0.15) is 0 Å². The van der Waals surface area contributed by atoms with E-state index in [1.54, 1.807) is 0 Å². The molecule has 2 N–H and O–H groups in total. The number of nitrogens with zero attached hydrogens (tertiary/aromatic N) is 1. The molecule has 0 spiro atoms. The molecular formula is C8H11AsN2O4. The second-order valence-electron chi connectivity index (χ2n) is 3.00. The first-order chi connectivity index (χ1) is 7.06. The Hall–Kier alpha value is -1.29. The van der Waals surface area contributed by atoms with Gasteiger partial charge in [-0.05, 0) is 0 Å². The number of aliphatic carboxylic acids is 1. The zero-order valence-corrected chi connectivity index (χ0v) is 10.3. The fraction of sp³-hybridized carbons (Fsp3) is 0.375. The van der Waals surface area contributed by atoms with Crippen molar-refractivity contribution in [2.75, 3.05) is 0 Å². The van der Waals surface area contributed by atoms with Crippen LogP contribution in [0.4, 0.5) is 0 Å². The molecule has 0 saturated carbocycles. The number of carbonyl (C=O) groups is 1. The molecule has 6 nitrogen and oxygen atoms in total. The predicted molar refractivity (Wildman–Crippen MR) is 55.8 cm³/mol. The number of carboxylic acids is 1. The first-order valence-corrected chi connectivity index (χ1v) is 5.99. The fourth-order valence-corrected chi connectivity index (χ4v) is 1.83. The van der Waals surface area contributed by atoms with Gasteiger partial charge < -0.3 is 0 Å².